The molecule has 3 rings (SSSR count). The lowest BCUT2D eigenvalue weighted by molar-refractivity contribution is -0.122. The fraction of sp³-hybridized carbons (Fsp3) is 0.680. The van der Waals surface area contributed by atoms with Crippen molar-refractivity contribution >= 4 is 34.5 Å². The summed E-state index contributed by atoms with van der Waals surface area (Å²) in [7, 11) is 1.68. The number of thiophene rings is 1. The first kappa shape index (κ1) is 25.8. The molecule has 1 aromatic heterocycles. The predicted molar refractivity (Wildman–Crippen MR) is 127 cm³/mol. The molecular formula is C25H35F2NO4S. The number of anilines is 1. The normalized spacial score (nSPS) is 24.6. The van der Waals surface area contributed by atoms with E-state index in [4.69, 9.17) is 4.74 Å². The van der Waals surface area contributed by atoms with Gasteiger partial charge in [0.15, 0.2) is 6.17 Å². The van der Waals surface area contributed by atoms with Crippen molar-refractivity contribution in [3.63, 3.8) is 0 Å². The number of hydrogen-bond donors (Lipinski definition) is 1. The van der Waals surface area contributed by atoms with Gasteiger partial charge in [-0.1, -0.05) is 26.7 Å². The third-order valence-electron chi connectivity index (χ3n) is 6.90. The number of unbranched alkanes of at least 4 members (excludes halogenated alkanes) is 1. The van der Waals surface area contributed by atoms with Crippen LogP contribution in [-0.2, 0) is 9.53 Å². The van der Waals surface area contributed by atoms with Gasteiger partial charge in [0.25, 0.3) is 0 Å². The molecule has 33 heavy (non-hydrogen) atoms. The van der Waals surface area contributed by atoms with Crippen LogP contribution in [0, 0.1) is 5.92 Å². The van der Waals surface area contributed by atoms with E-state index in [2.05, 4.69) is 6.92 Å². The van der Waals surface area contributed by atoms with Crippen LogP contribution in [0.1, 0.15) is 92.6 Å². The molecule has 2 unspecified atom stereocenters. The van der Waals surface area contributed by atoms with Crippen LogP contribution in [0.15, 0.2) is 11.9 Å². The van der Waals surface area contributed by atoms with Gasteiger partial charge in [-0.2, -0.15) is 0 Å². The second-order valence-electron chi connectivity index (χ2n) is 9.23. The van der Waals surface area contributed by atoms with Crippen molar-refractivity contribution in [2.24, 2.45) is 5.92 Å². The molecule has 8 heteroatoms. The molecule has 0 bridgehead atoms. The fourth-order valence-electron chi connectivity index (χ4n) is 4.90. The minimum absolute atomic E-state index is 0.0104. The van der Waals surface area contributed by atoms with E-state index in [0.29, 0.717) is 36.2 Å². The average molecular weight is 484 g/mol. The Kier molecular flexibility index (Phi) is 9.04. The lowest BCUT2D eigenvalue weighted by atomic mass is 9.90. The van der Waals surface area contributed by atoms with Gasteiger partial charge in [0.05, 0.1) is 11.8 Å². The molecular weight excluding hydrogens is 448 g/mol. The maximum absolute atomic E-state index is 14.6. The first-order valence-electron chi connectivity index (χ1n) is 12.0. The van der Waals surface area contributed by atoms with Crippen molar-refractivity contribution in [1.29, 1.82) is 0 Å². The number of carboxylic acids is 1. The number of carbonyl (C=O) groups is 2. The third kappa shape index (κ3) is 5.83. The Labute approximate surface area is 198 Å². The molecule has 0 aliphatic heterocycles. The highest BCUT2D eigenvalue weighted by atomic mass is 32.1. The summed E-state index contributed by atoms with van der Waals surface area (Å²) < 4.78 is 34.1. The molecule has 1 amide bonds. The minimum atomic E-state index is -1.65. The van der Waals surface area contributed by atoms with Crippen LogP contribution in [0.3, 0.4) is 0 Å². The number of methoxy groups -OCH3 is 1. The monoisotopic (exact) mass is 483 g/mol. The summed E-state index contributed by atoms with van der Waals surface area (Å²) >= 11 is 0.942. The number of nitrogens with zero attached hydrogens (tertiary/aromatic N) is 1. The van der Waals surface area contributed by atoms with Crippen LogP contribution in [0.2, 0.25) is 0 Å². The van der Waals surface area contributed by atoms with Gasteiger partial charge in [0.1, 0.15) is 10.7 Å². The van der Waals surface area contributed by atoms with Gasteiger partial charge in [-0.25, -0.2) is 13.6 Å². The van der Waals surface area contributed by atoms with E-state index in [1.165, 1.54) is 0 Å². The summed E-state index contributed by atoms with van der Waals surface area (Å²) in [5.74, 6) is -2.31. The number of carboxylic acid groups (broad SMARTS) is 1. The van der Waals surface area contributed by atoms with Gasteiger partial charge in [-0.3, -0.25) is 4.79 Å². The molecule has 2 aliphatic carbocycles. The Morgan fingerprint density at radius 1 is 1.27 bits per heavy atom. The highest BCUT2D eigenvalue weighted by Gasteiger charge is 2.36. The van der Waals surface area contributed by atoms with Crippen molar-refractivity contribution in [3.8, 4) is 0 Å². The molecule has 0 radical (unpaired) electrons. The molecule has 5 nitrogen and oxygen atoms in total. The number of alkyl halides is 1. The second-order valence-corrected chi connectivity index (χ2v) is 10.3. The van der Waals surface area contributed by atoms with E-state index in [9.17, 15) is 23.5 Å². The van der Waals surface area contributed by atoms with Crippen LogP contribution >= 0.6 is 11.3 Å². The quantitative estimate of drug-likeness (QED) is 0.421. The second kappa shape index (κ2) is 11.6. The predicted octanol–water partition coefficient (Wildman–Crippen LogP) is 6.77. The van der Waals surface area contributed by atoms with Crippen molar-refractivity contribution < 1.29 is 28.2 Å². The summed E-state index contributed by atoms with van der Waals surface area (Å²) in [4.78, 5) is 27.9. The summed E-state index contributed by atoms with van der Waals surface area (Å²) in [6, 6.07) is 1.46. The van der Waals surface area contributed by atoms with E-state index < -0.39 is 18.0 Å². The largest absolute Gasteiger partial charge is 0.477 e. The number of ether oxygens (including phenoxy) is 1. The Bertz CT molecular complexity index is 876. The standard InChI is InChI=1S/C25H35F2NO4S/c1-4-5-7-15(2)24(29)28(16-10-12-17(32-3)13-11-16)20-14-21(33-23(20)25(30)31)18-8-6-9-19(26)22(18)27/h14-17,19H,4-13H2,1-3H3,(H,30,31). The zero-order chi connectivity index (χ0) is 24.1. The van der Waals surface area contributed by atoms with Gasteiger partial charge in [0.2, 0.25) is 5.91 Å². The Hall–Kier alpha value is -1.80. The molecule has 1 saturated carbocycles. The smallest absolute Gasteiger partial charge is 0.348 e. The van der Waals surface area contributed by atoms with E-state index in [1.54, 1.807) is 18.1 Å². The van der Waals surface area contributed by atoms with Crippen LogP contribution in [0.5, 0.6) is 0 Å². The molecule has 1 aromatic rings. The molecule has 184 valence electrons. The molecule has 0 aromatic carbocycles. The van der Waals surface area contributed by atoms with Crippen molar-refractivity contribution in [1.82, 2.24) is 0 Å². The molecule has 2 atom stereocenters. The summed E-state index contributed by atoms with van der Waals surface area (Å²) in [5.41, 5.74) is 0.556. The van der Waals surface area contributed by atoms with Gasteiger partial charge in [-0.15, -0.1) is 11.3 Å². The number of amides is 1. The first-order chi connectivity index (χ1) is 15.8. The van der Waals surface area contributed by atoms with E-state index >= 15 is 0 Å². The molecule has 1 heterocycles. The zero-order valence-electron chi connectivity index (χ0n) is 19.7. The number of allylic oxidation sites excluding steroid dienone is 2. The summed E-state index contributed by atoms with van der Waals surface area (Å²) in [5, 5.41) is 9.95. The molecule has 0 saturated heterocycles. The highest BCUT2D eigenvalue weighted by Crippen LogP contribution is 2.43. The summed E-state index contributed by atoms with van der Waals surface area (Å²) in [6.07, 6.45) is 5.10. The Morgan fingerprint density at radius 3 is 2.58 bits per heavy atom. The molecule has 2 aliphatic rings. The van der Waals surface area contributed by atoms with Crippen LogP contribution in [-0.4, -0.2) is 42.4 Å². The molecule has 1 fully saturated rings. The highest BCUT2D eigenvalue weighted by molar-refractivity contribution is 7.15. The SMILES string of the molecule is CCCCC(C)C(=O)N(c1cc(C2=C(F)C(F)CCC2)sc1C(=O)O)C1CCC(OC)CC1. The molecule has 0 spiro atoms. The maximum Gasteiger partial charge on any atom is 0.348 e. The number of rotatable bonds is 9. The number of carbonyl (C=O) groups excluding carboxylic acids is 1. The van der Waals surface area contributed by atoms with Gasteiger partial charge >= 0.3 is 5.97 Å². The van der Waals surface area contributed by atoms with E-state index in [0.717, 1.165) is 43.4 Å². The maximum atomic E-state index is 14.6. The molecule has 1 N–H and O–H groups in total. The van der Waals surface area contributed by atoms with Gasteiger partial charge in [-0.05, 0) is 57.4 Å². The van der Waals surface area contributed by atoms with Crippen molar-refractivity contribution in [2.45, 2.75) is 96.4 Å². The average Bonchev–Trinajstić information content (AvgIpc) is 3.24. The third-order valence-corrected chi connectivity index (χ3v) is 8.08. The summed E-state index contributed by atoms with van der Waals surface area (Å²) in [6.45, 7) is 3.95. The van der Waals surface area contributed by atoms with E-state index in [1.807, 2.05) is 6.92 Å². The minimum Gasteiger partial charge on any atom is -0.477 e. The first-order valence-corrected chi connectivity index (χ1v) is 12.9. The van der Waals surface area contributed by atoms with Crippen molar-refractivity contribution in [2.75, 3.05) is 12.0 Å². The lowest BCUT2D eigenvalue weighted by Crippen LogP contribution is -2.46. The number of halogens is 2. The topological polar surface area (TPSA) is 66.8 Å². The van der Waals surface area contributed by atoms with Gasteiger partial charge in [0, 0.05) is 29.5 Å². The van der Waals surface area contributed by atoms with Gasteiger partial charge < -0.3 is 14.7 Å². The van der Waals surface area contributed by atoms with Crippen molar-refractivity contribution in [3.05, 3.63) is 21.6 Å². The van der Waals surface area contributed by atoms with Crippen LogP contribution in [0.25, 0.3) is 5.57 Å². The number of hydrogen-bond acceptors (Lipinski definition) is 4. The fourth-order valence-corrected chi connectivity index (χ4v) is 5.96. The Morgan fingerprint density at radius 2 is 1.97 bits per heavy atom. The number of aromatic carboxylic acids is 1. The van der Waals surface area contributed by atoms with Crippen LogP contribution < -0.4 is 4.90 Å². The lowest BCUT2D eigenvalue weighted by Gasteiger charge is -2.37. The van der Waals surface area contributed by atoms with E-state index in [-0.39, 0.29) is 40.8 Å². The Balaban J connectivity index is 2.03. The zero-order valence-corrected chi connectivity index (χ0v) is 20.6. The van der Waals surface area contributed by atoms with Crippen LogP contribution in [0.4, 0.5) is 14.5 Å².